The second-order valence-corrected chi connectivity index (χ2v) is 8.26. The van der Waals surface area contributed by atoms with Crippen molar-refractivity contribution in [2.75, 3.05) is 10.2 Å². The zero-order valence-electron chi connectivity index (χ0n) is 17.7. The van der Waals surface area contributed by atoms with Gasteiger partial charge in [-0.05, 0) is 36.8 Å². The molecule has 1 fully saturated rings. The van der Waals surface area contributed by atoms with Gasteiger partial charge in [-0.25, -0.2) is 0 Å². The van der Waals surface area contributed by atoms with Gasteiger partial charge in [0.2, 0.25) is 11.6 Å². The van der Waals surface area contributed by atoms with Gasteiger partial charge in [-0.1, -0.05) is 60.2 Å². The molecule has 2 heterocycles. The number of anilines is 2. The Bertz CT molecular complexity index is 1210. The molecule has 0 aromatic heterocycles. The first-order valence-electron chi connectivity index (χ1n) is 10.7. The van der Waals surface area contributed by atoms with Gasteiger partial charge in [0.05, 0.1) is 11.3 Å². The number of carbonyl (C=O) groups is 3. The number of aryl methyl sites for hydroxylation is 1. The predicted molar refractivity (Wildman–Crippen MR) is 122 cm³/mol. The summed E-state index contributed by atoms with van der Waals surface area (Å²) >= 11 is 0. The number of rotatable bonds is 4. The highest BCUT2D eigenvalue weighted by Crippen LogP contribution is 2.45. The highest BCUT2D eigenvalue weighted by molar-refractivity contribution is 6.18. The molecule has 1 saturated heterocycles. The molecule has 0 saturated carbocycles. The van der Waals surface area contributed by atoms with Crippen molar-refractivity contribution in [3.8, 4) is 0 Å². The minimum Gasteiger partial charge on any atom is -0.322 e. The van der Waals surface area contributed by atoms with Crippen molar-refractivity contribution in [1.29, 1.82) is 0 Å². The van der Waals surface area contributed by atoms with Crippen LogP contribution in [-0.2, 0) is 16.1 Å². The average molecular weight is 425 g/mol. The van der Waals surface area contributed by atoms with Gasteiger partial charge >= 0.3 is 0 Å². The molecule has 0 bridgehead atoms. The zero-order valence-corrected chi connectivity index (χ0v) is 17.7. The lowest BCUT2D eigenvalue weighted by Crippen LogP contribution is -2.69. The molecule has 5 rings (SSSR count). The van der Waals surface area contributed by atoms with E-state index in [0.29, 0.717) is 16.9 Å². The zero-order chi connectivity index (χ0) is 22.3. The van der Waals surface area contributed by atoms with Crippen molar-refractivity contribution in [2.45, 2.75) is 32.0 Å². The number of carbonyl (C=O) groups excluding carboxylic acids is 3. The van der Waals surface area contributed by atoms with E-state index in [1.807, 2.05) is 61.5 Å². The first-order chi connectivity index (χ1) is 15.5. The normalized spacial score (nSPS) is 19.5. The Balaban J connectivity index is 1.64. The van der Waals surface area contributed by atoms with Gasteiger partial charge in [-0.15, -0.1) is 0 Å². The highest BCUT2D eigenvalue weighted by atomic mass is 16.2. The van der Waals surface area contributed by atoms with E-state index in [1.165, 1.54) is 4.90 Å². The summed E-state index contributed by atoms with van der Waals surface area (Å²) in [6.07, 6.45) is 0.421. The fraction of sp³-hybridized carbons (Fsp3) is 0.192. The van der Waals surface area contributed by atoms with Gasteiger partial charge in [0.1, 0.15) is 0 Å². The maximum atomic E-state index is 13.9. The number of amides is 3. The third kappa shape index (κ3) is 3.07. The SMILES string of the molecule is Cc1ccc(NC(=O)C23CCC(=O)N2c2ccccc2C(=O)N3Cc2ccccc2)cc1. The number of nitrogens with zero attached hydrogens (tertiary/aromatic N) is 2. The van der Waals surface area contributed by atoms with E-state index in [1.54, 1.807) is 29.2 Å². The van der Waals surface area contributed by atoms with E-state index in [9.17, 15) is 14.4 Å². The Morgan fingerprint density at radius 3 is 2.38 bits per heavy atom. The average Bonchev–Trinajstić information content (AvgIpc) is 3.17. The molecule has 3 aromatic rings. The standard InChI is InChI=1S/C26H23N3O3/c1-18-11-13-20(14-12-18)27-25(32)26-16-15-23(30)29(26)22-10-6-5-9-21(22)24(31)28(26)17-19-7-3-2-4-8-19/h2-14H,15-17H2,1H3,(H,27,32). The van der Waals surface area contributed by atoms with Crippen molar-refractivity contribution in [2.24, 2.45) is 0 Å². The summed E-state index contributed by atoms with van der Waals surface area (Å²) < 4.78 is 0. The van der Waals surface area contributed by atoms with Crippen LogP contribution in [0.1, 0.15) is 34.3 Å². The van der Waals surface area contributed by atoms with Gasteiger partial charge in [0.15, 0.2) is 0 Å². The lowest BCUT2D eigenvalue weighted by molar-refractivity contribution is -0.129. The second kappa shape index (κ2) is 7.64. The lowest BCUT2D eigenvalue weighted by Gasteiger charge is -2.49. The lowest BCUT2D eigenvalue weighted by atomic mass is 9.94. The number of para-hydroxylation sites is 1. The van der Waals surface area contributed by atoms with Crippen LogP contribution in [0.5, 0.6) is 0 Å². The summed E-state index contributed by atoms with van der Waals surface area (Å²) in [7, 11) is 0. The Kier molecular flexibility index (Phi) is 4.78. The van der Waals surface area contributed by atoms with Gasteiger partial charge in [0.25, 0.3) is 11.8 Å². The number of hydrogen-bond donors (Lipinski definition) is 1. The van der Waals surface area contributed by atoms with Gasteiger partial charge < -0.3 is 10.2 Å². The summed E-state index contributed by atoms with van der Waals surface area (Å²) in [6, 6.07) is 24.0. The van der Waals surface area contributed by atoms with E-state index in [2.05, 4.69) is 5.32 Å². The molecule has 1 unspecified atom stereocenters. The second-order valence-electron chi connectivity index (χ2n) is 8.26. The van der Waals surface area contributed by atoms with Crippen LogP contribution in [0.4, 0.5) is 11.4 Å². The van der Waals surface area contributed by atoms with Gasteiger partial charge in [-0.3, -0.25) is 19.3 Å². The molecule has 3 aromatic carbocycles. The Morgan fingerprint density at radius 1 is 0.938 bits per heavy atom. The molecule has 6 heteroatoms. The van der Waals surface area contributed by atoms with Crippen molar-refractivity contribution < 1.29 is 14.4 Å². The van der Waals surface area contributed by atoms with Crippen LogP contribution >= 0.6 is 0 Å². The Labute approximate surface area is 186 Å². The maximum Gasteiger partial charge on any atom is 0.271 e. The van der Waals surface area contributed by atoms with E-state index in [-0.39, 0.29) is 37.1 Å². The van der Waals surface area contributed by atoms with Crippen molar-refractivity contribution in [1.82, 2.24) is 4.90 Å². The van der Waals surface area contributed by atoms with Gasteiger partial charge in [0, 0.05) is 25.1 Å². The Morgan fingerprint density at radius 2 is 1.62 bits per heavy atom. The smallest absolute Gasteiger partial charge is 0.271 e. The topological polar surface area (TPSA) is 69.7 Å². The largest absolute Gasteiger partial charge is 0.322 e. The molecule has 0 aliphatic carbocycles. The van der Waals surface area contributed by atoms with E-state index in [4.69, 9.17) is 0 Å². The number of hydrogen-bond acceptors (Lipinski definition) is 3. The molecule has 0 spiro atoms. The van der Waals surface area contributed by atoms with Crippen molar-refractivity contribution >= 4 is 29.1 Å². The van der Waals surface area contributed by atoms with Crippen molar-refractivity contribution in [3.63, 3.8) is 0 Å². The fourth-order valence-electron chi connectivity index (χ4n) is 4.64. The summed E-state index contributed by atoms with van der Waals surface area (Å²) in [6.45, 7) is 2.19. The monoisotopic (exact) mass is 425 g/mol. The molecular weight excluding hydrogens is 402 g/mol. The van der Waals surface area contributed by atoms with Crippen LogP contribution in [0.3, 0.4) is 0 Å². The maximum absolute atomic E-state index is 13.9. The third-order valence-corrected chi connectivity index (χ3v) is 6.23. The molecule has 6 nitrogen and oxygen atoms in total. The van der Waals surface area contributed by atoms with E-state index < -0.39 is 5.66 Å². The molecule has 2 aliphatic rings. The van der Waals surface area contributed by atoms with Crippen LogP contribution in [0.2, 0.25) is 0 Å². The van der Waals surface area contributed by atoms with Crippen LogP contribution in [0, 0.1) is 6.92 Å². The minimum atomic E-state index is -1.43. The number of fused-ring (bicyclic) bond motifs is 3. The van der Waals surface area contributed by atoms with Crippen LogP contribution in [0.25, 0.3) is 0 Å². The summed E-state index contributed by atoms with van der Waals surface area (Å²) in [4.78, 5) is 43.7. The fourth-order valence-corrected chi connectivity index (χ4v) is 4.64. The molecule has 1 atom stereocenters. The molecular formula is C26H23N3O3. The Hall–Kier alpha value is -3.93. The molecule has 0 radical (unpaired) electrons. The molecule has 2 aliphatic heterocycles. The van der Waals surface area contributed by atoms with Crippen LogP contribution < -0.4 is 10.2 Å². The first kappa shape index (κ1) is 20.0. The van der Waals surface area contributed by atoms with E-state index >= 15 is 0 Å². The first-order valence-corrected chi connectivity index (χ1v) is 10.7. The van der Waals surface area contributed by atoms with Gasteiger partial charge in [-0.2, -0.15) is 0 Å². The summed E-state index contributed by atoms with van der Waals surface area (Å²) in [5.74, 6) is -0.803. The van der Waals surface area contributed by atoms with Crippen LogP contribution in [-0.4, -0.2) is 28.3 Å². The van der Waals surface area contributed by atoms with Crippen molar-refractivity contribution in [3.05, 3.63) is 95.6 Å². The third-order valence-electron chi connectivity index (χ3n) is 6.23. The molecule has 3 amide bonds. The molecule has 160 valence electrons. The molecule has 1 N–H and O–H groups in total. The summed E-state index contributed by atoms with van der Waals surface area (Å²) in [5.41, 5.74) is 2.08. The number of benzene rings is 3. The highest BCUT2D eigenvalue weighted by Gasteiger charge is 2.60. The predicted octanol–water partition coefficient (Wildman–Crippen LogP) is 4.11. The summed E-state index contributed by atoms with van der Waals surface area (Å²) in [5, 5.41) is 2.96. The number of nitrogens with one attached hydrogen (secondary N) is 1. The minimum absolute atomic E-state index is 0.165. The quantitative estimate of drug-likeness (QED) is 0.684. The van der Waals surface area contributed by atoms with E-state index in [0.717, 1.165) is 11.1 Å². The van der Waals surface area contributed by atoms with Crippen LogP contribution in [0.15, 0.2) is 78.9 Å². The molecule has 32 heavy (non-hydrogen) atoms.